The van der Waals surface area contributed by atoms with Gasteiger partial charge < -0.3 is 14.3 Å². The van der Waals surface area contributed by atoms with Gasteiger partial charge in [-0.15, -0.1) is 10.2 Å². The number of nitrogens with one attached hydrogen (secondary N) is 1. The summed E-state index contributed by atoms with van der Waals surface area (Å²) in [5, 5.41) is 16.9. The fourth-order valence-electron chi connectivity index (χ4n) is 2.12. The van der Waals surface area contributed by atoms with Crippen molar-refractivity contribution in [3.63, 3.8) is 0 Å². The highest BCUT2D eigenvalue weighted by Gasteiger charge is 2.13. The zero-order valence-electron chi connectivity index (χ0n) is 13.5. The van der Waals surface area contributed by atoms with Crippen LogP contribution in [0.25, 0.3) is 11.6 Å². The number of hydrogen-bond acceptors (Lipinski definition) is 9. The second kappa shape index (κ2) is 7.48. The van der Waals surface area contributed by atoms with Crippen LogP contribution in [0.15, 0.2) is 49.9 Å². The number of rotatable bonds is 6. The molecule has 0 amide bonds. The van der Waals surface area contributed by atoms with E-state index in [1.165, 1.54) is 23.1 Å². The first-order valence-corrected chi connectivity index (χ1v) is 9.72. The highest BCUT2D eigenvalue weighted by molar-refractivity contribution is 8.00. The number of nitrogens with zero attached hydrogens (tertiary/aromatic N) is 4. The van der Waals surface area contributed by atoms with E-state index in [0.29, 0.717) is 33.4 Å². The summed E-state index contributed by atoms with van der Waals surface area (Å²) < 4.78 is 11.3. The summed E-state index contributed by atoms with van der Waals surface area (Å²) in [5.74, 6) is 2.00. The zero-order chi connectivity index (χ0) is 17.9. The fraction of sp³-hybridized carbons (Fsp3) is 0.125. The normalized spacial score (nSPS) is 11.0. The Morgan fingerprint density at radius 3 is 3.00 bits per heavy atom. The second-order valence-corrected chi connectivity index (χ2v) is 7.80. The minimum atomic E-state index is 0.432. The molecule has 0 aliphatic heterocycles. The third-order valence-electron chi connectivity index (χ3n) is 3.44. The molecule has 0 atom stereocenters. The molecule has 4 rings (SSSR count). The fourth-order valence-corrected chi connectivity index (χ4v) is 3.90. The summed E-state index contributed by atoms with van der Waals surface area (Å²) >= 11 is 9.05. The van der Waals surface area contributed by atoms with Crippen molar-refractivity contribution in [2.24, 2.45) is 0 Å². The van der Waals surface area contributed by atoms with Gasteiger partial charge in [0.25, 0.3) is 0 Å². The van der Waals surface area contributed by atoms with Crippen LogP contribution in [0, 0.1) is 6.92 Å². The lowest BCUT2D eigenvalue weighted by molar-refractivity contribution is 0.390. The predicted octanol–water partition coefficient (Wildman–Crippen LogP) is 5.18. The summed E-state index contributed by atoms with van der Waals surface area (Å²) in [6.45, 7) is 1.95. The van der Waals surface area contributed by atoms with Gasteiger partial charge in [0.15, 0.2) is 10.1 Å². The van der Waals surface area contributed by atoms with Crippen molar-refractivity contribution in [3.05, 3.63) is 53.1 Å². The van der Waals surface area contributed by atoms with E-state index in [2.05, 4.69) is 25.7 Å². The number of benzene rings is 1. The Morgan fingerprint density at radius 2 is 2.15 bits per heavy atom. The third kappa shape index (κ3) is 3.74. The molecule has 0 aliphatic carbocycles. The lowest BCUT2D eigenvalue weighted by Gasteiger charge is -2.06. The van der Waals surface area contributed by atoms with Crippen LogP contribution < -0.4 is 5.32 Å². The largest absolute Gasteiger partial charge is 0.461 e. The molecule has 1 N–H and O–H groups in total. The van der Waals surface area contributed by atoms with E-state index in [1.54, 1.807) is 18.4 Å². The highest BCUT2D eigenvalue weighted by Crippen LogP contribution is 2.32. The van der Waals surface area contributed by atoms with Gasteiger partial charge in [0, 0.05) is 10.7 Å². The molecule has 3 heterocycles. The Bertz CT molecular complexity index is 1020. The number of aromatic nitrogens is 4. The van der Waals surface area contributed by atoms with Crippen LogP contribution in [0.1, 0.15) is 11.5 Å². The van der Waals surface area contributed by atoms with E-state index in [0.717, 1.165) is 15.6 Å². The molecular weight excluding hydrogens is 394 g/mol. The molecule has 0 aliphatic rings. The van der Waals surface area contributed by atoms with Crippen LogP contribution in [0.5, 0.6) is 0 Å². The van der Waals surface area contributed by atoms with Gasteiger partial charge in [-0.1, -0.05) is 45.9 Å². The van der Waals surface area contributed by atoms with Crippen molar-refractivity contribution in [1.82, 2.24) is 20.3 Å². The smallest absolute Gasteiger partial charge is 0.238 e. The van der Waals surface area contributed by atoms with Crippen LogP contribution >= 0.6 is 34.7 Å². The molecule has 0 radical (unpaired) electrons. The van der Waals surface area contributed by atoms with Gasteiger partial charge in [0.1, 0.15) is 0 Å². The van der Waals surface area contributed by atoms with E-state index in [4.69, 9.17) is 20.5 Å². The van der Waals surface area contributed by atoms with Crippen LogP contribution in [-0.4, -0.2) is 20.3 Å². The first-order valence-electron chi connectivity index (χ1n) is 7.54. The summed E-state index contributed by atoms with van der Waals surface area (Å²) in [7, 11) is 0. The van der Waals surface area contributed by atoms with Gasteiger partial charge in [-0.05, 0) is 36.8 Å². The van der Waals surface area contributed by atoms with Gasteiger partial charge in [0.05, 0.1) is 12.0 Å². The van der Waals surface area contributed by atoms with Crippen LogP contribution in [0.3, 0.4) is 0 Å². The van der Waals surface area contributed by atoms with Gasteiger partial charge in [0.2, 0.25) is 16.8 Å². The average molecular weight is 406 g/mol. The van der Waals surface area contributed by atoms with Crippen LogP contribution in [0.4, 0.5) is 10.8 Å². The first kappa shape index (κ1) is 17.1. The minimum Gasteiger partial charge on any atom is -0.461 e. The van der Waals surface area contributed by atoms with Crippen LogP contribution in [-0.2, 0) is 5.75 Å². The van der Waals surface area contributed by atoms with E-state index in [-0.39, 0.29) is 0 Å². The molecule has 7 nitrogen and oxygen atoms in total. The monoisotopic (exact) mass is 405 g/mol. The van der Waals surface area contributed by atoms with Crippen molar-refractivity contribution >= 4 is 45.5 Å². The zero-order valence-corrected chi connectivity index (χ0v) is 15.9. The number of furan rings is 1. The summed E-state index contributed by atoms with van der Waals surface area (Å²) in [4.78, 5) is 4.30. The average Bonchev–Trinajstić information content (AvgIpc) is 3.38. The van der Waals surface area contributed by atoms with Gasteiger partial charge in [-0.25, -0.2) is 0 Å². The van der Waals surface area contributed by atoms with Gasteiger partial charge >= 0.3 is 0 Å². The van der Waals surface area contributed by atoms with Crippen molar-refractivity contribution in [1.29, 1.82) is 0 Å². The lowest BCUT2D eigenvalue weighted by Crippen LogP contribution is -1.92. The van der Waals surface area contributed by atoms with E-state index in [9.17, 15) is 0 Å². The Hall–Kier alpha value is -2.36. The second-order valence-electron chi connectivity index (χ2n) is 5.19. The molecule has 26 heavy (non-hydrogen) atoms. The van der Waals surface area contributed by atoms with E-state index >= 15 is 0 Å². The third-order valence-corrected chi connectivity index (χ3v) is 5.81. The molecule has 0 spiro atoms. The SMILES string of the molecule is Cc1c(Cl)cccc1Nc1nnc(SCc2nc(-c3ccco3)no2)s1. The predicted molar refractivity (Wildman–Crippen MR) is 101 cm³/mol. The maximum atomic E-state index is 6.14. The Labute approximate surface area is 161 Å². The van der Waals surface area contributed by atoms with Crippen LogP contribution in [0.2, 0.25) is 5.02 Å². The molecule has 0 fully saturated rings. The molecule has 0 saturated heterocycles. The van der Waals surface area contributed by atoms with Crippen molar-refractivity contribution in [3.8, 4) is 11.6 Å². The maximum Gasteiger partial charge on any atom is 0.238 e. The highest BCUT2D eigenvalue weighted by atomic mass is 35.5. The summed E-state index contributed by atoms with van der Waals surface area (Å²) in [6, 6.07) is 9.25. The Balaban J connectivity index is 1.39. The standard InChI is InChI=1S/C16H12ClN5O2S2/c1-9-10(17)4-2-5-11(9)18-15-20-21-16(26-15)25-8-13-19-14(22-24-13)12-6-3-7-23-12/h2-7H,8H2,1H3,(H,18,20). The molecule has 4 aromatic rings. The summed E-state index contributed by atoms with van der Waals surface area (Å²) in [6.07, 6.45) is 1.57. The van der Waals surface area contributed by atoms with Crippen molar-refractivity contribution in [2.45, 2.75) is 17.0 Å². The molecule has 1 aromatic carbocycles. The lowest BCUT2D eigenvalue weighted by atomic mass is 10.2. The quantitative estimate of drug-likeness (QED) is 0.439. The maximum absolute atomic E-state index is 6.14. The Kier molecular flexibility index (Phi) is 4.91. The van der Waals surface area contributed by atoms with Gasteiger partial charge in [-0.3, -0.25) is 0 Å². The molecule has 10 heteroatoms. The minimum absolute atomic E-state index is 0.432. The molecule has 0 unspecified atom stereocenters. The van der Waals surface area contributed by atoms with Crippen molar-refractivity contribution in [2.75, 3.05) is 5.32 Å². The Morgan fingerprint density at radius 1 is 1.23 bits per heavy atom. The summed E-state index contributed by atoms with van der Waals surface area (Å²) in [5.41, 5.74) is 1.88. The number of anilines is 2. The van der Waals surface area contributed by atoms with E-state index in [1.807, 2.05) is 25.1 Å². The molecular formula is C16H12ClN5O2S2. The van der Waals surface area contributed by atoms with E-state index < -0.39 is 0 Å². The number of hydrogen-bond donors (Lipinski definition) is 1. The molecule has 132 valence electrons. The van der Waals surface area contributed by atoms with Gasteiger partial charge in [-0.2, -0.15) is 4.98 Å². The molecule has 0 bridgehead atoms. The first-order chi connectivity index (χ1) is 12.7. The topological polar surface area (TPSA) is 89.9 Å². The number of thioether (sulfide) groups is 1. The number of halogens is 1. The van der Waals surface area contributed by atoms with Crippen molar-refractivity contribution < 1.29 is 8.94 Å². The molecule has 0 saturated carbocycles. The molecule has 3 aromatic heterocycles.